The normalized spacial score (nSPS) is 20.7. The second kappa shape index (κ2) is 8.58. The number of hydrazone groups is 1. The first kappa shape index (κ1) is 20.0. The summed E-state index contributed by atoms with van der Waals surface area (Å²) in [5, 5.41) is 9.60. The lowest BCUT2D eigenvalue weighted by Crippen LogP contribution is -2.40. The molecular weight excluding hydrogens is 402 g/mol. The van der Waals surface area contributed by atoms with Crippen molar-refractivity contribution in [3.05, 3.63) is 66.0 Å². The molecule has 3 heterocycles. The Morgan fingerprint density at radius 3 is 2.57 bits per heavy atom. The second-order valence-electron chi connectivity index (χ2n) is 7.00. The van der Waals surface area contributed by atoms with Crippen LogP contribution in [0.2, 0.25) is 0 Å². The highest BCUT2D eigenvalue weighted by molar-refractivity contribution is 7.80. The molecule has 0 spiro atoms. The van der Waals surface area contributed by atoms with Crippen LogP contribution < -0.4 is 5.32 Å². The first-order valence-corrected chi connectivity index (χ1v) is 9.99. The van der Waals surface area contributed by atoms with Gasteiger partial charge in [-0.2, -0.15) is 5.10 Å². The van der Waals surface area contributed by atoms with Gasteiger partial charge in [-0.25, -0.2) is 9.80 Å². The number of methoxy groups -OCH3 is 1. The van der Waals surface area contributed by atoms with Crippen LogP contribution in [0, 0.1) is 5.92 Å². The fourth-order valence-corrected chi connectivity index (χ4v) is 4.07. The van der Waals surface area contributed by atoms with Crippen LogP contribution in [0.3, 0.4) is 0 Å². The van der Waals surface area contributed by atoms with Gasteiger partial charge in [-0.3, -0.25) is 9.78 Å². The predicted octanol–water partition coefficient (Wildman–Crippen LogP) is 1.61. The fraction of sp³-hybridized carbons (Fsp3) is 0.286. The van der Waals surface area contributed by atoms with E-state index in [2.05, 4.69) is 15.4 Å². The van der Waals surface area contributed by atoms with Crippen molar-refractivity contribution in [3.8, 4) is 0 Å². The molecule has 1 N–H and O–H groups in total. The topological polar surface area (TPSA) is 87.1 Å². The fourth-order valence-electron chi connectivity index (χ4n) is 3.80. The number of nitrogens with one attached hydrogen (secondary N) is 1. The number of esters is 1. The Bertz CT molecular complexity index is 983. The van der Waals surface area contributed by atoms with Crippen molar-refractivity contribution in [2.24, 2.45) is 11.0 Å². The van der Waals surface area contributed by atoms with Gasteiger partial charge < -0.3 is 15.0 Å². The second-order valence-corrected chi connectivity index (χ2v) is 7.39. The maximum Gasteiger partial charge on any atom is 0.354 e. The van der Waals surface area contributed by atoms with Crippen molar-refractivity contribution in [2.75, 3.05) is 26.7 Å². The number of nitrogens with zero attached hydrogens (tertiary/aromatic N) is 4. The Morgan fingerprint density at radius 2 is 1.93 bits per heavy atom. The Morgan fingerprint density at radius 1 is 1.20 bits per heavy atom. The van der Waals surface area contributed by atoms with Gasteiger partial charge in [0.1, 0.15) is 0 Å². The van der Waals surface area contributed by atoms with Crippen molar-refractivity contribution in [1.29, 1.82) is 0 Å². The number of pyridine rings is 1. The summed E-state index contributed by atoms with van der Waals surface area (Å²) in [4.78, 5) is 31.9. The average molecular weight is 423 g/mol. The number of aromatic nitrogens is 1. The summed E-state index contributed by atoms with van der Waals surface area (Å²) in [5.41, 5.74) is 1.53. The molecule has 1 saturated heterocycles. The molecule has 1 amide bonds. The van der Waals surface area contributed by atoms with Crippen LogP contribution in [-0.2, 0) is 9.53 Å². The van der Waals surface area contributed by atoms with Gasteiger partial charge in [0.2, 0.25) is 0 Å². The Labute approximate surface area is 179 Å². The van der Waals surface area contributed by atoms with Crippen LogP contribution in [0.5, 0.6) is 0 Å². The van der Waals surface area contributed by atoms with Gasteiger partial charge in [-0.15, -0.1) is 0 Å². The number of rotatable bonds is 5. The zero-order valence-corrected chi connectivity index (χ0v) is 17.2. The predicted molar refractivity (Wildman–Crippen MR) is 115 cm³/mol. The van der Waals surface area contributed by atoms with E-state index in [1.54, 1.807) is 24.5 Å². The third-order valence-electron chi connectivity index (χ3n) is 5.24. The molecule has 30 heavy (non-hydrogen) atoms. The van der Waals surface area contributed by atoms with Crippen molar-refractivity contribution < 1.29 is 14.3 Å². The van der Waals surface area contributed by atoms with E-state index in [0.717, 1.165) is 18.7 Å². The molecule has 2 aromatic rings. The number of thiocarbonyl (C=S) groups is 1. The maximum atomic E-state index is 13.3. The molecule has 4 rings (SSSR count). The van der Waals surface area contributed by atoms with E-state index < -0.39 is 17.9 Å². The van der Waals surface area contributed by atoms with Crippen LogP contribution in [0.25, 0.3) is 0 Å². The molecule has 154 valence electrons. The summed E-state index contributed by atoms with van der Waals surface area (Å²) in [7, 11) is 1.31. The lowest BCUT2D eigenvalue weighted by molar-refractivity contribution is -0.133. The average Bonchev–Trinajstić information content (AvgIpc) is 3.37. The van der Waals surface area contributed by atoms with Crippen LogP contribution in [0.4, 0.5) is 0 Å². The van der Waals surface area contributed by atoms with Crippen LogP contribution in [-0.4, -0.2) is 64.3 Å². The summed E-state index contributed by atoms with van der Waals surface area (Å²) in [6.07, 6.45) is 3.11. The van der Waals surface area contributed by atoms with E-state index in [-0.39, 0.29) is 11.6 Å². The molecule has 0 radical (unpaired) electrons. The molecule has 0 unspecified atom stereocenters. The largest absolute Gasteiger partial charge is 0.464 e. The minimum absolute atomic E-state index is 0.212. The zero-order valence-electron chi connectivity index (χ0n) is 16.4. The van der Waals surface area contributed by atoms with Gasteiger partial charge >= 0.3 is 5.97 Å². The van der Waals surface area contributed by atoms with Gasteiger partial charge in [0, 0.05) is 37.6 Å². The molecular formula is C21H21N5O3S. The molecule has 1 aromatic heterocycles. The molecule has 0 saturated carbocycles. The van der Waals surface area contributed by atoms with Crippen LogP contribution in [0.15, 0.2) is 60.0 Å². The minimum atomic E-state index is -0.552. The van der Waals surface area contributed by atoms with Crippen LogP contribution in [0.1, 0.15) is 22.0 Å². The molecule has 2 aliphatic rings. The molecule has 1 aromatic carbocycles. The smallest absolute Gasteiger partial charge is 0.354 e. The zero-order chi connectivity index (χ0) is 21.1. The third-order valence-corrected chi connectivity index (χ3v) is 5.65. The summed E-state index contributed by atoms with van der Waals surface area (Å²) in [5.74, 6) is -1.26. The Hall–Kier alpha value is -3.33. The van der Waals surface area contributed by atoms with Gasteiger partial charge in [-0.05, 0) is 29.9 Å². The molecule has 1 fully saturated rings. The number of ether oxygens (including phenoxy) is 1. The van der Waals surface area contributed by atoms with Crippen molar-refractivity contribution in [2.45, 2.75) is 6.04 Å². The first-order valence-electron chi connectivity index (χ1n) is 9.58. The minimum Gasteiger partial charge on any atom is -0.464 e. The molecule has 2 atom stereocenters. The number of amides is 1. The number of carbonyl (C=O) groups is 2. The number of hydrogen-bond donors (Lipinski definition) is 1. The molecule has 2 aliphatic heterocycles. The standard InChI is InChI=1S/C21H21N5O3S/c1-29-20(28)17-16(13-25-12-11-23-21(25)30)18(14-5-3-2-4-6-14)26(24-17)19(27)15-7-9-22-10-8-15/h2-10,16,18H,11-13H2,1H3,(H,23,30)/t16-,18+/m1/s1. The molecule has 8 nitrogen and oxygen atoms in total. The first-order chi connectivity index (χ1) is 14.6. The molecule has 9 heteroatoms. The van der Waals surface area contributed by atoms with Gasteiger partial charge in [0.25, 0.3) is 5.91 Å². The summed E-state index contributed by atoms with van der Waals surface area (Å²) in [6, 6.07) is 12.4. The molecule has 0 aliphatic carbocycles. The lowest BCUT2D eigenvalue weighted by atomic mass is 9.89. The van der Waals surface area contributed by atoms with E-state index in [4.69, 9.17) is 17.0 Å². The monoisotopic (exact) mass is 423 g/mol. The highest BCUT2D eigenvalue weighted by Gasteiger charge is 2.46. The van der Waals surface area contributed by atoms with E-state index in [1.165, 1.54) is 12.1 Å². The van der Waals surface area contributed by atoms with E-state index in [9.17, 15) is 9.59 Å². The Kier molecular flexibility index (Phi) is 5.71. The highest BCUT2D eigenvalue weighted by atomic mass is 32.1. The number of hydrogen-bond acceptors (Lipinski definition) is 6. The van der Waals surface area contributed by atoms with E-state index in [1.807, 2.05) is 35.2 Å². The highest BCUT2D eigenvalue weighted by Crippen LogP contribution is 2.38. The molecule has 0 bridgehead atoms. The van der Waals surface area contributed by atoms with E-state index in [0.29, 0.717) is 17.2 Å². The lowest BCUT2D eigenvalue weighted by Gasteiger charge is -2.30. The number of benzene rings is 1. The van der Waals surface area contributed by atoms with Gasteiger partial charge in [-0.1, -0.05) is 30.3 Å². The van der Waals surface area contributed by atoms with Crippen molar-refractivity contribution >= 4 is 34.9 Å². The summed E-state index contributed by atoms with van der Waals surface area (Å²) >= 11 is 5.39. The summed E-state index contributed by atoms with van der Waals surface area (Å²) in [6.45, 7) is 1.91. The van der Waals surface area contributed by atoms with Crippen molar-refractivity contribution in [1.82, 2.24) is 20.2 Å². The number of carbonyl (C=O) groups excluding carboxylic acids is 2. The Balaban J connectivity index is 1.77. The third kappa shape index (κ3) is 3.76. The SMILES string of the molecule is COC(=O)C1=NN(C(=O)c2ccncc2)[C@@H](c2ccccc2)[C@@H]1CN1CCNC1=S. The maximum absolute atomic E-state index is 13.3. The van der Waals surface area contributed by atoms with E-state index >= 15 is 0 Å². The van der Waals surface area contributed by atoms with Gasteiger partial charge in [0.15, 0.2) is 10.8 Å². The van der Waals surface area contributed by atoms with Gasteiger partial charge in [0.05, 0.1) is 19.1 Å². The van der Waals surface area contributed by atoms with Crippen LogP contribution >= 0.6 is 12.2 Å². The summed E-state index contributed by atoms with van der Waals surface area (Å²) < 4.78 is 4.99. The quantitative estimate of drug-likeness (QED) is 0.578. The van der Waals surface area contributed by atoms with Crippen molar-refractivity contribution in [3.63, 3.8) is 0 Å².